The molecule has 0 bridgehead atoms. The third-order valence-corrected chi connectivity index (χ3v) is 5.94. The van der Waals surface area contributed by atoms with Gasteiger partial charge in [-0.1, -0.05) is 57.7 Å². The molecule has 33 heavy (non-hydrogen) atoms. The van der Waals surface area contributed by atoms with E-state index in [1.165, 1.54) is 0 Å². The molecule has 0 saturated heterocycles. The van der Waals surface area contributed by atoms with Gasteiger partial charge in [0.05, 0.1) is 11.2 Å². The fourth-order valence-electron chi connectivity index (χ4n) is 3.27. The predicted molar refractivity (Wildman–Crippen MR) is 159 cm³/mol. The lowest BCUT2D eigenvalue weighted by atomic mass is 10.1. The van der Waals surface area contributed by atoms with Gasteiger partial charge in [0.2, 0.25) is 0 Å². The van der Waals surface area contributed by atoms with Crippen LogP contribution in [0.5, 0.6) is 0 Å². The number of nitrogens with two attached hydrogens (primary N) is 1. The summed E-state index contributed by atoms with van der Waals surface area (Å²) in [6.45, 7) is 8.49. The van der Waals surface area contributed by atoms with Gasteiger partial charge in [0.25, 0.3) is 0 Å². The molecule has 0 spiro atoms. The summed E-state index contributed by atoms with van der Waals surface area (Å²) in [5.41, 5.74) is 8.11. The normalized spacial score (nSPS) is 10.6. The summed E-state index contributed by atoms with van der Waals surface area (Å²) < 4.78 is 9.83. The highest BCUT2D eigenvalue weighted by molar-refractivity contribution is 14.1. The van der Waals surface area contributed by atoms with Crippen molar-refractivity contribution in [2.24, 2.45) is 0 Å². The molecule has 0 radical (unpaired) electrons. The van der Waals surface area contributed by atoms with Gasteiger partial charge in [0.1, 0.15) is 5.82 Å². The zero-order valence-electron chi connectivity index (χ0n) is 20.0. The summed E-state index contributed by atoms with van der Waals surface area (Å²) in [5.74, 6) is 0.556. The van der Waals surface area contributed by atoms with E-state index < -0.39 is 0 Å². The molecule has 7 nitrogen and oxygen atoms in total. The molecule has 186 valence electrons. The number of rotatable bonds is 7. The van der Waals surface area contributed by atoms with Crippen molar-refractivity contribution in [3.8, 4) is 0 Å². The van der Waals surface area contributed by atoms with E-state index in [2.05, 4.69) is 79.8 Å². The van der Waals surface area contributed by atoms with Crippen molar-refractivity contribution < 1.29 is 1.37 Å². The molecular formula is C23H37Br2IN6O. The highest BCUT2D eigenvalue weighted by Gasteiger charge is 2.14. The van der Waals surface area contributed by atoms with Gasteiger partial charge in [-0.25, -0.2) is 14.8 Å². The van der Waals surface area contributed by atoms with Gasteiger partial charge >= 0.3 is 5.69 Å². The Morgan fingerprint density at radius 3 is 2.21 bits per heavy atom. The number of fused-ring (bicyclic) bond motifs is 1. The molecule has 0 aromatic carbocycles. The first-order valence-electron chi connectivity index (χ1n) is 11.2. The van der Waals surface area contributed by atoms with Crippen molar-refractivity contribution in [1.82, 2.24) is 19.5 Å². The molecule has 0 aliphatic carbocycles. The van der Waals surface area contributed by atoms with Gasteiger partial charge in [-0.2, -0.15) is 0 Å². The van der Waals surface area contributed by atoms with E-state index in [4.69, 9.17) is 7.10 Å². The summed E-state index contributed by atoms with van der Waals surface area (Å²) in [6.07, 6.45) is 7.44. The zero-order chi connectivity index (χ0) is 25.0. The predicted octanol–water partition coefficient (Wildman–Crippen LogP) is 7.56. The highest BCUT2D eigenvalue weighted by Crippen LogP contribution is 2.23. The van der Waals surface area contributed by atoms with Crippen LogP contribution in [0.2, 0.25) is 0 Å². The number of hydrogen-bond donors (Lipinski definition) is 3. The molecular weight excluding hydrogens is 663 g/mol. The monoisotopic (exact) mass is 699 g/mol. The first kappa shape index (κ1) is 29.9. The molecule has 0 unspecified atom stereocenters. The molecule has 3 aromatic heterocycles. The van der Waals surface area contributed by atoms with Crippen LogP contribution < -0.4 is 16.7 Å². The van der Waals surface area contributed by atoms with Gasteiger partial charge < -0.3 is 11.1 Å². The van der Waals surface area contributed by atoms with Gasteiger partial charge in [-0.15, -0.1) is 0 Å². The van der Waals surface area contributed by atoms with Crippen molar-refractivity contribution in [1.29, 1.82) is 0 Å². The SMILES string of the molecule is C.CCC(CC)Nc1cc(Br)cnc1N.CCC(CC)n1c(=O)[nH]c2ncc(Br)cc21.[2H]CI. The number of nitrogen functional groups attached to an aromatic ring is 1. The molecule has 0 fully saturated rings. The number of nitrogens with one attached hydrogen (secondary N) is 2. The number of anilines is 2. The molecule has 0 aliphatic heterocycles. The number of hydrogen-bond acceptors (Lipinski definition) is 5. The summed E-state index contributed by atoms with van der Waals surface area (Å²) >= 11 is 8.70. The fourth-order valence-corrected chi connectivity index (χ4v) is 3.92. The van der Waals surface area contributed by atoms with Crippen molar-refractivity contribution in [2.45, 2.75) is 72.9 Å². The minimum Gasteiger partial charge on any atom is -0.382 e. The van der Waals surface area contributed by atoms with Gasteiger partial charge in [0, 0.05) is 34.8 Å². The molecule has 0 saturated carbocycles. The first-order valence-corrected chi connectivity index (χ1v) is 13.7. The molecule has 4 N–H and O–H groups in total. The Labute approximate surface area is 229 Å². The molecule has 0 aliphatic rings. The van der Waals surface area contributed by atoms with Crippen LogP contribution in [0.4, 0.5) is 11.5 Å². The number of aromatic nitrogens is 4. The molecule has 0 amide bonds. The van der Waals surface area contributed by atoms with Crippen molar-refractivity contribution in [3.63, 3.8) is 0 Å². The van der Waals surface area contributed by atoms with E-state index in [-0.39, 0.29) is 19.2 Å². The molecule has 3 aromatic rings. The maximum atomic E-state index is 11.9. The van der Waals surface area contributed by atoms with Crippen LogP contribution in [0, 0.1) is 0 Å². The lowest BCUT2D eigenvalue weighted by molar-refractivity contribution is 0.471. The van der Waals surface area contributed by atoms with Crippen LogP contribution in [0.25, 0.3) is 11.2 Å². The highest BCUT2D eigenvalue weighted by atomic mass is 127. The lowest BCUT2D eigenvalue weighted by Gasteiger charge is -2.17. The average molecular weight is 701 g/mol. The summed E-state index contributed by atoms with van der Waals surface area (Å²) in [6, 6.07) is 4.59. The van der Waals surface area contributed by atoms with Gasteiger partial charge in [-0.3, -0.25) is 9.55 Å². The van der Waals surface area contributed by atoms with Crippen LogP contribution in [-0.4, -0.2) is 30.5 Å². The van der Waals surface area contributed by atoms with E-state index in [0.29, 0.717) is 22.4 Å². The fraction of sp³-hybridized carbons (Fsp3) is 0.522. The number of nitrogens with zero attached hydrogens (tertiary/aromatic N) is 3. The maximum absolute atomic E-state index is 11.9. The number of H-pyrrole nitrogens is 1. The quantitative estimate of drug-likeness (QED) is 0.175. The summed E-state index contributed by atoms with van der Waals surface area (Å²) in [7, 11) is 0. The molecule has 3 heterocycles. The number of imidazole rings is 1. The maximum Gasteiger partial charge on any atom is 0.327 e. The van der Waals surface area contributed by atoms with Crippen LogP contribution in [0.1, 0.15) is 68.2 Å². The van der Waals surface area contributed by atoms with E-state index in [1.807, 2.05) is 34.7 Å². The standard InChI is InChI=1S/C11H14BrN3O.C10H16BrN3.CH3I.CH4/c1-3-8(4-2)15-9-5-7(12)6-13-10(9)14-11(15)16;1-3-8(4-2)14-9-5-7(11)6-13-10(9)12;1-2;/h5-6,8H,3-4H2,1-2H3,(H,13,14,16);5-6,8,14H,3-4H2,1-2H3,(H2,12,13);1H3;1H4/i;;1D;. The topological polar surface area (TPSA) is 102 Å². The molecule has 3 rings (SSSR count). The second kappa shape index (κ2) is 16.5. The Bertz CT molecular complexity index is 1040. The Morgan fingerprint density at radius 1 is 1.12 bits per heavy atom. The van der Waals surface area contributed by atoms with Gasteiger partial charge in [-0.05, 0) is 74.6 Å². The number of pyridine rings is 2. The van der Waals surface area contributed by atoms with Crippen molar-refractivity contribution in [2.75, 3.05) is 16.0 Å². The lowest BCUT2D eigenvalue weighted by Crippen LogP contribution is -2.21. The van der Waals surface area contributed by atoms with Crippen molar-refractivity contribution in [3.05, 3.63) is 44.0 Å². The van der Waals surface area contributed by atoms with Crippen LogP contribution >= 0.6 is 54.5 Å². The number of aromatic amines is 1. The molecule has 10 heteroatoms. The Hall–Kier alpha value is -1.14. The largest absolute Gasteiger partial charge is 0.382 e. The van der Waals surface area contributed by atoms with E-state index in [1.54, 1.807) is 17.0 Å². The average Bonchev–Trinajstić information content (AvgIpc) is 3.11. The Kier molecular flexibility index (Phi) is 14.9. The molecule has 0 atom stereocenters. The van der Waals surface area contributed by atoms with Gasteiger partial charge in [0.15, 0.2) is 5.65 Å². The second-order valence-electron chi connectivity index (χ2n) is 7.04. The number of halogens is 3. The first-order chi connectivity index (χ1) is 15.8. The third-order valence-electron chi connectivity index (χ3n) is 5.08. The van der Waals surface area contributed by atoms with E-state index in [9.17, 15) is 4.79 Å². The van der Waals surface area contributed by atoms with E-state index >= 15 is 0 Å². The minimum absolute atomic E-state index is 0. The third kappa shape index (κ3) is 9.20. The van der Waals surface area contributed by atoms with Crippen LogP contribution in [-0.2, 0) is 0 Å². The summed E-state index contributed by atoms with van der Waals surface area (Å²) in [5, 5.41) is 3.37. The smallest absolute Gasteiger partial charge is 0.327 e. The van der Waals surface area contributed by atoms with Crippen molar-refractivity contribution >= 4 is 77.1 Å². The zero-order valence-corrected chi connectivity index (χ0v) is 24.3. The second-order valence-corrected chi connectivity index (χ2v) is 8.87. The summed E-state index contributed by atoms with van der Waals surface area (Å²) in [4.78, 5) is 23.4. The Morgan fingerprint density at radius 2 is 1.67 bits per heavy atom. The van der Waals surface area contributed by atoms with Crippen LogP contribution in [0.3, 0.4) is 0 Å². The Balaban J connectivity index is 0.000000564. The van der Waals surface area contributed by atoms with E-state index in [0.717, 1.165) is 45.8 Å². The number of alkyl halides is 1. The minimum atomic E-state index is -0.0747. The van der Waals surface area contributed by atoms with Crippen LogP contribution in [0.15, 0.2) is 38.3 Å².